The van der Waals surface area contributed by atoms with Crippen molar-refractivity contribution in [3.05, 3.63) is 42.5 Å². The van der Waals surface area contributed by atoms with E-state index in [1.807, 2.05) is 30.3 Å². The number of hydrogen-bond acceptors (Lipinski definition) is 5. The number of aromatic nitrogens is 4. The van der Waals surface area contributed by atoms with Crippen molar-refractivity contribution < 1.29 is 9.53 Å². The molecule has 0 amide bonds. The smallest absolute Gasteiger partial charge is 0.305 e. The van der Waals surface area contributed by atoms with Crippen LogP contribution >= 0.6 is 0 Å². The SMILES string of the molecule is O=C(CCCn1nnc(-c2ccccc2)n1)OCC1CC=CCC1. The first-order valence-corrected chi connectivity index (χ1v) is 8.45. The fourth-order valence-electron chi connectivity index (χ4n) is 2.70. The molecule has 2 aromatic rings. The van der Waals surface area contributed by atoms with E-state index in [0.717, 1.165) is 24.8 Å². The van der Waals surface area contributed by atoms with Gasteiger partial charge in [0.2, 0.25) is 5.82 Å². The Morgan fingerprint density at radius 3 is 2.92 bits per heavy atom. The number of esters is 1. The summed E-state index contributed by atoms with van der Waals surface area (Å²) in [6.07, 6.45) is 8.59. The number of allylic oxidation sites excluding steroid dienone is 2. The second-order valence-corrected chi connectivity index (χ2v) is 6.01. The molecule has 1 atom stereocenters. The van der Waals surface area contributed by atoms with Crippen LogP contribution in [0.15, 0.2) is 42.5 Å². The second-order valence-electron chi connectivity index (χ2n) is 6.01. The summed E-state index contributed by atoms with van der Waals surface area (Å²) in [6.45, 7) is 1.09. The quantitative estimate of drug-likeness (QED) is 0.578. The third-order valence-corrected chi connectivity index (χ3v) is 4.08. The molecule has 1 aromatic carbocycles. The predicted octanol–water partition coefficient (Wildman–Crippen LogP) is 3.02. The Labute approximate surface area is 141 Å². The van der Waals surface area contributed by atoms with Gasteiger partial charge in [-0.05, 0) is 36.8 Å². The molecule has 0 bridgehead atoms. The zero-order valence-electron chi connectivity index (χ0n) is 13.7. The summed E-state index contributed by atoms with van der Waals surface area (Å²) in [7, 11) is 0. The van der Waals surface area contributed by atoms with E-state index < -0.39 is 0 Å². The lowest BCUT2D eigenvalue weighted by atomic mass is 9.95. The second kappa shape index (κ2) is 8.38. The molecule has 126 valence electrons. The van der Waals surface area contributed by atoms with Gasteiger partial charge in [-0.25, -0.2) is 0 Å². The molecule has 0 radical (unpaired) electrons. The molecule has 1 unspecified atom stereocenters. The summed E-state index contributed by atoms with van der Waals surface area (Å²) >= 11 is 0. The molecule has 0 aliphatic heterocycles. The average Bonchev–Trinajstić information content (AvgIpc) is 3.11. The molecular weight excluding hydrogens is 304 g/mol. The zero-order valence-corrected chi connectivity index (χ0v) is 13.7. The van der Waals surface area contributed by atoms with Gasteiger partial charge in [-0.2, -0.15) is 4.80 Å². The van der Waals surface area contributed by atoms with Crippen molar-refractivity contribution in [1.82, 2.24) is 20.2 Å². The monoisotopic (exact) mass is 326 g/mol. The third-order valence-electron chi connectivity index (χ3n) is 4.08. The van der Waals surface area contributed by atoms with E-state index in [0.29, 0.717) is 37.7 Å². The van der Waals surface area contributed by atoms with E-state index in [1.165, 1.54) is 4.80 Å². The van der Waals surface area contributed by atoms with Gasteiger partial charge in [-0.3, -0.25) is 4.79 Å². The predicted molar refractivity (Wildman–Crippen MR) is 89.9 cm³/mol. The van der Waals surface area contributed by atoms with Crippen LogP contribution in [0.3, 0.4) is 0 Å². The van der Waals surface area contributed by atoms with Gasteiger partial charge in [0.25, 0.3) is 0 Å². The summed E-state index contributed by atoms with van der Waals surface area (Å²) in [4.78, 5) is 13.3. The highest BCUT2D eigenvalue weighted by atomic mass is 16.5. The van der Waals surface area contributed by atoms with Crippen LogP contribution in [0.25, 0.3) is 11.4 Å². The lowest BCUT2D eigenvalue weighted by Gasteiger charge is -2.17. The minimum absolute atomic E-state index is 0.145. The summed E-state index contributed by atoms with van der Waals surface area (Å²) in [5.74, 6) is 0.931. The Hall–Kier alpha value is -2.50. The Morgan fingerprint density at radius 2 is 2.12 bits per heavy atom. The van der Waals surface area contributed by atoms with Gasteiger partial charge in [0.05, 0.1) is 13.2 Å². The van der Waals surface area contributed by atoms with Gasteiger partial charge in [0.1, 0.15) is 0 Å². The van der Waals surface area contributed by atoms with Crippen LogP contribution in [0.4, 0.5) is 0 Å². The van der Waals surface area contributed by atoms with Gasteiger partial charge in [0.15, 0.2) is 0 Å². The molecule has 6 heteroatoms. The van der Waals surface area contributed by atoms with Crippen molar-refractivity contribution in [3.63, 3.8) is 0 Å². The lowest BCUT2D eigenvalue weighted by molar-refractivity contribution is -0.145. The third kappa shape index (κ3) is 4.75. The molecule has 1 aliphatic rings. The molecule has 1 heterocycles. The van der Waals surface area contributed by atoms with E-state index >= 15 is 0 Å². The van der Waals surface area contributed by atoms with Crippen LogP contribution in [0.2, 0.25) is 0 Å². The first kappa shape index (κ1) is 16.4. The van der Waals surface area contributed by atoms with Gasteiger partial charge < -0.3 is 4.74 Å². The number of benzene rings is 1. The van der Waals surface area contributed by atoms with Crippen LogP contribution in [0.1, 0.15) is 32.1 Å². The molecule has 6 nitrogen and oxygen atoms in total. The minimum atomic E-state index is -0.145. The zero-order chi connectivity index (χ0) is 16.6. The summed E-state index contributed by atoms with van der Waals surface area (Å²) < 4.78 is 5.36. The molecule has 24 heavy (non-hydrogen) atoms. The lowest BCUT2D eigenvalue weighted by Crippen LogP contribution is -2.15. The maximum absolute atomic E-state index is 11.8. The highest BCUT2D eigenvalue weighted by Crippen LogP contribution is 2.18. The van der Waals surface area contributed by atoms with Crippen LogP contribution in [-0.4, -0.2) is 32.8 Å². The number of ether oxygens (including phenoxy) is 1. The number of aryl methyl sites for hydroxylation is 1. The molecule has 0 saturated carbocycles. The van der Waals surface area contributed by atoms with Crippen molar-refractivity contribution in [1.29, 1.82) is 0 Å². The molecular formula is C18H22N4O2. The number of rotatable bonds is 7. The number of carbonyl (C=O) groups is 1. The molecule has 1 aliphatic carbocycles. The standard InChI is InChI=1S/C18H22N4O2/c23-17(24-14-15-8-3-1-4-9-15)12-7-13-22-20-18(19-21-22)16-10-5-2-6-11-16/h1-3,5-6,10-11,15H,4,7-9,12-14H2. The highest BCUT2D eigenvalue weighted by Gasteiger charge is 2.13. The molecule has 1 aromatic heterocycles. The Bertz CT molecular complexity index is 681. The van der Waals surface area contributed by atoms with Crippen molar-refractivity contribution in [2.24, 2.45) is 5.92 Å². The normalized spacial score (nSPS) is 16.9. The molecule has 0 N–H and O–H groups in total. The first-order valence-electron chi connectivity index (χ1n) is 8.45. The van der Waals surface area contributed by atoms with E-state index in [9.17, 15) is 4.79 Å². The van der Waals surface area contributed by atoms with Crippen LogP contribution in [-0.2, 0) is 16.1 Å². The molecule has 0 spiro atoms. The maximum Gasteiger partial charge on any atom is 0.305 e. The topological polar surface area (TPSA) is 69.9 Å². The van der Waals surface area contributed by atoms with Crippen LogP contribution in [0, 0.1) is 5.92 Å². The maximum atomic E-state index is 11.8. The Morgan fingerprint density at radius 1 is 1.25 bits per heavy atom. The minimum Gasteiger partial charge on any atom is -0.465 e. The Kier molecular flexibility index (Phi) is 5.71. The first-order chi connectivity index (χ1) is 11.8. The van der Waals surface area contributed by atoms with Crippen LogP contribution in [0.5, 0.6) is 0 Å². The molecule has 0 fully saturated rings. The summed E-state index contributed by atoms with van der Waals surface area (Å²) in [5, 5.41) is 12.4. The molecule has 3 rings (SSSR count). The van der Waals surface area contributed by atoms with Gasteiger partial charge >= 0.3 is 5.97 Å². The highest BCUT2D eigenvalue weighted by molar-refractivity contribution is 5.69. The van der Waals surface area contributed by atoms with E-state index in [-0.39, 0.29) is 5.97 Å². The van der Waals surface area contributed by atoms with E-state index in [2.05, 4.69) is 27.6 Å². The summed E-state index contributed by atoms with van der Waals surface area (Å²) in [5.41, 5.74) is 0.935. The fourth-order valence-corrected chi connectivity index (χ4v) is 2.70. The average molecular weight is 326 g/mol. The number of tetrazole rings is 1. The van der Waals surface area contributed by atoms with Crippen molar-refractivity contribution in [2.75, 3.05) is 6.61 Å². The van der Waals surface area contributed by atoms with E-state index in [4.69, 9.17) is 4.74 Å². The summed E-state index contributed by atoms with van der Waals surface area (Å²) in [6, 6.07) is 9.71. The Balaban J connectivity index is 1.38. The number of nitrogens with zero attached hydrogens (tertiary/aromatic N) is 4. The van der Waals surface area contributed by atoms with Gasteiger partial charge in [0, 0.05) is 12.0 Å². The van der Waals surface area contributed by atoms with Crippen LogP contribution < -0.4 is 0 Å². The van der Waals surface area contributed by atoms with Crippen molar-refractivity contribution in [2.45, 2.75) is 38.6 Å². The fraction of sp³-hybridized carbons (Fsp3) is 0.444. The van der Waals surface area contributed by atoms with E-state index in [1.54, 1.807) is 0 Å². The molecule has 0 saturated heterocycles. The number of hydrogen-bond donors (Lipinski definition) is 0. The van der Waals surface area contributed by atoms with Gasteiger partial charge in [-0.15, -0.1) is 10.2 Å². The van der Waals surface area contributed by atoms with Crippen molar-refractivity contribution >= 4 is 5.97 Å². The number of carbonyl (C=O) groups excluding carboxylic acids is 1. The largest absolute Gasteiger partial charge is 0.465 e. The van der Waals surface area contributed by atoms with Gasteiger partial charge in [-0.1, -0.05) is 42.5 Å². The van der Waals surface area contributed by atoms with Crippen molar-refractivity contribution in [3.8, 4) is 11.4 Å².